The van der Waals surface area contributed by atoms with E-state index in [1.807, 2.05) is 0 Å². The maximum atomic E-state index is 10.0. The summed E-state index contributed by atoms with van der Waals surface area (Å²) in [4.78, 5) is 2.75. The number of rotatable bonds is 3. The fourth-order valence-electron chi connectivity index (χ4n) is 6.39. The van der Waals surface area contributed by atoms with Crippen LogP contribution in [0.1, 0.15) is 61.5 Å². The molecule has 2 aromatic carbocycles. The first-order valence-electron chi connectivity index (χ1n) is 10.9. The van der Waals surface area contributed by atoms with Crippen molar-refractivity contribution in [3.8, 4) is 0 Å². The predicted molar refractivity (Wildman–Crippen MR) is 113 cm³/mol. The Bertz CT molecular complexity index is 777. The van der Waals surface area contributed by atoms with Crippen LogP contribution in [-0.4, -0.2) is 34.4 Å². The zero-order valence-corrected chi connectivity index (χ0v) is 16.5. The van der Waals surface area contributed by atoms with Gasteiger partial charge in [-0.15, -0.1) is 0 Å². The fourth-order valence-corrected chi connectivity index (χ4v) is 6.39. The lowest BCUT2D eigenvalue weighted by molar-refractivity contribution is -0.00199. The minimum atomic E-state index is 0.123. The Kier molecular flexibility index (Phi) is 4.72. The Labute approximate surface area is 168 Å². The van der Waals surface area contributed by atoms with E-state index < -0.39 is 0 Å². The molecule has 1 N–H and O–H groups in total. The van der Waals surface area contributed by atoms with Crippen molar-refractivity contribution in [2.75, 3.05) is 13.1 Å². The van der Waals surface area contributed by atoms with Crippen LogP contribution in [0.3, 0.4) is 0 Å². The summed E-state index contributed by atoms with van der Waals surface area (Å²) in [6.45, 7) is 2.37. The number of fused-ring (bicyclic) bond motifs is 3. The molecule has 1 aliphatic heterocycles. The first-order chi connectivity index (χ1) is 13.8. The van der Waals surface area contributed by atoms with Crippen molar-refractivity contribution in [2.24, 2.45) is 11.1 Å². The number of hydrogen-bond acceptors (Lipinski definition) is 3. The monoisotopic (exact) mass is 374 g/mol. The lowest BCUT2D eigenvalue weighted by Gasteiger charge is -2.60. The molecule has 0 radical (unpaired) electrons. The highest BCUT2D eigenvalue weighted by atomic mass is 16.4. The summed E-state index contributed by atoms with van der Waals surface area (Å²) in [6, 6.07) is 21.9. The maximum Gasteiger partial charge on any atom is 0.0632 e. The number of oxime groups is 1. The molecule has 2 atom stereocenters. The largest absolute Gasteiger partial charge is 0.411 e. The van der Waals surface area contributed by atoms with Gasteiger partial charge in [-0.25, -0.2) is 0 Å². The standard InChI is InChI=1S/C25H30N2O/c28-26-23-18-25(27-14-8-3-9-15-27)16-21(19-10-4-1-5-11-19)24(23)22(17-25)20-12-6-2-7-13-20/h1-2,4-7,10-13,21-22,24,28H,3,8-9,14-18H2/b26-23-/t21-,22-,24?,25?/m0/s1. The van der Waals surface area contributed by atoms with Gasteiger partial charge in [-0.3, -0.25) is 4.90 Å². The molecule has 0 aromatic heterocycles. The summed E-state index contributed by atoms with van der Waals surface area (Å²) in [5, 5.41) is 13.9. The van der Waals surface area contributed by atoms with E-state index >= 15 is 0 Å². The molecule has 0 spiro atoms. The second-order valence-corrected chi connectivity index (χ2v) is 9.01. The number of hydrogen-bond donors (Lipinski definition) is 1. The fraction of sp³-hybridized carbons (Fsp3) is 0.480. The molecule has 28 heavy (non-hydrogen) atoms. The van der Waals surface area contributed by atoms with Gasteiger partial charge in [-0.05, 0) is 61.7 Å². The van der Waals surface area contributed by atoms with Gasteiger partial charge in [0.05, 0.1) is 5.71 Å². The molecule has 2 aromatic rings. The quantitative estimate of drug-likeness (QED) is 0.575. The van der Waals surface area contributed by atoms with Crippen molar-refractivity contribution in [2.45, 2.75) is 55.9 Å². The summed E-state index contributed by atoms with van der Waals surface area (Å²) in [5.74, 6) is 1.13. The third-order valence-electron chi connectivity index (χ3n) is 7.57. The summed E-state index contributed by atoms with van der Waals surface area (Å²) >= 11 is 0. The van der Waals surface area contributed by atoms with Gasteiger partial charge in [0.25, 0.3) is 0 Å². The molecular formula is C25H30N2O. The van der Waals surface area contributed by atoms with Gasteiger partial charge >= 0.3 is 0 Å². The van der Waals surface area contributed by atoms with Crippen LogP contribution >= 0.6 is 0 Å². The van der Waals surface area contributed by atoms with E-state index in [4.69, 9.17) is 0 Å². The molecule has 4 fully saturated rings. The molecule has 3 aliphatic carbocycles. The van der Waals surface area contributed by atoms with Crippen LogP contribution in [0, 0.1) is 5.92 Å². The number of nitrogens with zero attached hydrogens (tertiary/aromatic N) is 2. The highest BCUT2D eigenvalue weighted by molar-refractivity contribution is 5.91. The average Bonchev–Trinajstić information content (AvgIpc) is 2.80. The van der Waals surface area contributed by atoms with Crippen LogP contribution in [0.15, 0.2) is 65.8 Å². The Morgan fingerprint density at radius 3 is 1.82 bits per heavy atom. The molecule has 1 heterocycles. The van der Waals surface area contributed by atoms with Crippen LogP contribution in [0.5, 0.6) is 0 Å². The molecule has 2 bridgehead atoms. The SMILES string of the molecule is O/N=C1/CC2(N3CCCCC3)C[C@@H](c3ccccc3)C1[C@H](c1ccccc1)C2. The number of likely N-dealkylation sites (tertiary alicyclic amines) is 1. The molecule has 146 valence electrons. The smallest absolute Gasteiger partial charge is 0.0632 e. The van der Waals surface area contributed by atoms with Crippen LogP contribution in [-0.2, 0) is 0 Å². The average molecular weight is 375 g/mol. The molecule has 3 heteroatoms. The van der Waals surface area contributed by atoms with Crippen molar-refractivity contribution in [3.05, 3.63) is 71.8 Å². The highest BCUT2D eigenvalue weighted by Gasteiger charge is 2.57. The van der Waals surface area contributed by atoms with E-state index in [0.717, 1.165) is 12.1 Å². The Hall–Kier alpha value is -2.13. The lowest BCUT2D eigenvalue weighted by Crippen LogP contribution is -2.62. The van der Waals surface area contributed by atoms with E-state index in [2.05, 4.69) is 70.7 Å². The summed E-state index contributed by atoms with van der Waals surface area (Å²) in [6.07, 6.45) is 7.24. The minimum absolute atomic E-state index is 0.123. The minimum Gasteiger partial charge on any atom is -0.411 e. The van der Waals surface area contributed by atoms with Gasteiger partial charge in [0, 0.05) is 17.9 Å². The molecule has 3 saturated carbocycles. The van der Waals surface area contributed by atoms with Gasteiger partial charge in [0.2, 0.25) is 0 Å². The van der Waals surface area contributed by atoms with E-state index in [-0.39, 0.29) is 5.54 Å². The zero-order valence-electron chi connectivity index (χ0n) is 16.5. The molecule has 0 amide bonds. The van der Waals surface area contributed by atoms with Gasteiger partial charge in [0.1, 0.15) is 0 Å². The maximum absolute atomic E-state index is 10.0. The van der Waals surface area contributed by atoms with Gasteiger partial charge in [0.15, 0.2) is 0 Å². The van der Waals surface area contributed by atoms with E-state index in [1.54, 1.807) is 0 Å². The molecule has 4 aliphatic rings. The summed E-state index contributed by atoms with van der Waals surface area (Å²) in [7, 11) is 0. The third kappa shape index (κ3) is 2.97. The Morgan fingerprint density at radius 2 is 1.32 bits per heavy atom. The number of piperidine rings is 1. The first kappa shape index (κ1) is 17.9. The van der Waals surface area contributed by atoms with E-state index in [0.29, 0.717) is 17.8 Å². The predicted octanol–water partition coefficient (Wildman–Crippen LogP) is 5.42. The van der Waals surface area contributed by atoms with Crippen LogP contribution in [0.4, 0.5) is 0 Å². The lowest BCUT2D eigenvalue weighted by atomic mass is 9.52. The van der Waals surface area contributed by atoms with E-state index in [9.17, 15) is 5.21 Å². The normalized spacial score (nSPS) is 34.6. The molecule has 6 rings (SSSR count). The van der Waals surface area contributed by atoms with Crippen LogP contribution in [0.25, 0.3) is 0 Å². The second kappa shape index (κ2) is 7.36. The first-order valence-corrected chi connectivity index (χ1v) is 10.9. The van der Waals surface area contributed by atoms with Gasteiger partial charge < -0.3 is 5.21 Å². The molecule has 0 unspecified atom stereocenters. The number of benzene rings is 2. The van der Waals surface area contributed by atoms with Gasteiger partial charge in [-0.2, -0.15) is 0 Å². The third-order valence-corrected chi connectivity index (χ3v) is 7.57. The second-order valence-electron chi connectivity index (χ2n) is 9.01. The van der Waals surface area contributed by atoms with Gasteiger partial charge in [-0.1, -0.05) is 72.2 Å². The van der Waals surface area contributed by atoms with Crippen molar-refractivity contribution < 1.29 is 5.21 Å². The van der Waals surface area contributed by atoms with Crippen LogP contribution in [0.2, 0.25) is 0 Å². The molecular weight excluding hydrogens is 344 g/mol. The Balaban J connectivity index is 1.62. The van der Waals surface area contributed by atoms with Crippen molar-refractivity contribution >= 4 is 5.71 Å². The summed E-state index contributed by atoms with van der Waals surface area (Å²) in [5.41, 5.74) is 3.94. The van der Waals surface area contributed by atoms with Crippen LogP contribution < -0.4 is 0 Å². The van der Waals surface area contributed by atoms with Crippen molar-refractivity contribution in [1.29, 1.82) is 0 Å². The summed E-state index contributed by atoms with van der Waals surface area (Å²) < 4.78 is 0. The highest BCUT2D eigenvalue weighted by Crippen LogP contribution is 2.58. The molecule has 1 saturated heterocycles. The topological polar surface area (TPSA) is 35.8 Å². The zero-order chi connectivity index (χ0) is 19.0. The van der Waals surface area contributed by atoms with E-state index in [1.165, 1.54) is 56.3 Å². The van der Waals surface area contributed by atoms with Crippen molar-refractivity contribution in [1.82, 2.24) is 4.90 Å². The van der Waals surface area contributed by atoms with Crippen molar-refractivity contribution in [3.63, 3.8) is 0 Å². The molecule has 3 nitrogen and oxygen atoms in total. The Morgan fingerprint density at radius 1 is 0.786 bits per heavy atom.